The van der Waals surface area contributed by atoms with Gasteiger partial charge in [-0.25, -0.2) is 0 Å². The second-order valence-corrected chi connectivity index (χ2v) is 4.59. The van der Waals surface area contributed by atoms with Crippen molar-refractivity contribution in [1.82, 2.24) is 10.6 Å². The number of aliphatic imine (C=N–C) groups is 1. The molecule has 1 unspecified atom stereocenters. The Bertz CT molecular complexity index is 254. The lowest BCUT2D eigenvalue weighted by molar-refractivity contribution is -0.119. The summed E-state index contributed by atoms with van der Waals surface area (Å²) >= 11 is 1.69. The number of nitrogens with one attached hydrogen (secondary N) is 2. The molecule has 1 aliphatic heterocycles. The van der Waals surface area contributed by atoms with Crippen molar-refractivity contribution in [3.05, 3.63) is 0 Å². The third-order valence-corrected chi connectivity index (χ3v) is 3.65. The molecule has 0 spiro atoms. The van der Waals surface area contributed by atoms with Gasteiger partial charge >= 0.3 is 0 Å². The molecule has 4 nitrogen and oxygen atoms in total. The fourth-order valence-electron chi connectivity index (χ4n) is 1.06. The van der Waals surface area contributed by atoms with E-state index in [1.54, 1.807) is 18.8 Å². The smallest absolute Gasteiger partial charge is 0.241 e. The molecule has 1 saturated heterocycles. The average molecular weight is 215 g/mol. The molecule has 0 aromatic rings. The summed E-state index contributed by atoms with van der Waals surface area (Å²) in [6.07, 6.45) is 1.07. The number of carbonyl (C=O) groups excluding carboxylic acids is 1. The lowest BCUT2D eigenvalue weighted by atomic mass is 10.0. The standard InChI is InChI=1S/C9H17N3OS/c1-4-9(2)6-14-8(12-9)11-5-7(13)10-3/h4-6H2,1-3H3,(H,10,13)(H,11,12). The second kappa shape index (κ2) is 4.68. The van der Waals surface area contributed by atoms with E-state index in [0.29, 0.717) is 0 Å². The molecule has 1 fully saturated rings. The normalized spacial score (nSPS) is 28.9. The van der Waals surface area contributed by atoms with E-state index in [0.717, 1.165) is 17.3 Å². The fourth-order valence-corrected chi connectivity index (χ4v) is 2.26. The average Bonchev–Trinajstić information content (AvgIpc) is 2.58. The van der Waals surface area contributed by atoms with Crippen LogP contribution in [-0.2, 0) is 4.79 Å². The number of amides is 1. The van der Waals surface area contributed by atoms with Crippen molar-refractivity contribution < 1.29 is 4.79 Å². The van der Waals surface area contributed by atoms with Gasteiger partial charge in [0.15, 0.2) is 5.17 Å². The maximum atomic E-state index is 10.9. The van der Waals surface area contributed by atoms with E-state index in [9.17, 15) is 4.79 Å². The number of carbonyl (C=O) groups is 1. The number of hydrogen-bond donors (Lipinski definition) is 2. The Morgan fingerprint density at radius 1 is 1.79 bits per heavy atom. The first-order chi connectivity index (χ1) is 6.59. The first kappa shape index (κ1) is 11.4. The van der Waals surface area contributed by atoms with Gasteiger partial charge < -0.3 is 10.6 Å². The van der Waals surface area contributed by atoms with Gasteiger partial charge in [0.25, 0.3) is 0 Å². The third-order valence-electron chi connectivity index (χ3n) is 2.36. The summed E-state index contributed by atoms with van der Waals surface area (Å²) in [4.78, 5) is 15.1. The minimum Gasteiger partial charge on any atom is -0.359 e. The van der Waals surface area contributed by atoms with E-state index in [1.165, 1.54) is 0 Å². The van der Waals surface area contributed by atoms with E-state index in [2.05, 4.69) is 29.5 Å². The monoisotopic (exact) mass is 215 g/mol. The van der Waals surface area contributed by atoms with Crippen LogP contribution in [0.15, 0.2) is 4.99 Å². The molecule has 5 heteroatoms. The third kappa shape index (κ3) is 2.90. The molecule has 1 aliphatic rings. The van der Waals surface area contributed by atoms with Crippen molar-refractivity contribution in [3.8, 4) is 0 Å². The van der Waals surface area contributed by atoms with Crippen molar-refractivity contribution in [2.24, 2.45) is 4.99 Å². The second-order valence-electron chi connectivity index (χ2n) is 3.62. The van der Waals surface area contributed by atoms with Crippen LogP contribution in [0.3, 0.4) is 0 Å². The number of amidine groups is 1. The van der Waals surface area contributed by atoms with E-state index in [1.807, 2.05) is 0 Å². The quantitative estimate of drug-likeness (QED) is 0.724. The molecule has 1 amide bonds. The Morgan fingerprint density at radius 2 is 2.50 bits per heavy atom. The van der Waals surface area contributed by atoms with Crippen LogP contribution < -0.4 is 10.6 Å². The minimum atomic E-state index is -0.0509. The summed E-state index contributed by atoms with van der Waals surface area (Å²) in [7, 11) is 1.62. The molecule has 0 aliphatic carbocycles. The van der Waals surface area contributed by atoms with Gasteiger partial charge in [-0.1, -0.05) is 18.7 Å². The maximum Gasteiger partial charge on any atom is 0.241 e. The summed E-state index contributed by atoms with van der Waals surface area (Å²) in [5, 5.41) is 6.76. The molecule has 80 valence electrons. The van der Waals surface area contributed by atoms with Gasteiger partial charge in [-0.3, -0.25) is 9.79 Å². The topological polar surface area (TPSA) is 53.5 Å². The highest BCUT2D eigenvalue weighted by Gasteiger charge is 2.30. The summed E-state index contributed by atoms with van der Waals surface area (Å²) in [5.41, 5.74) is 0.145. The highest BCUT2D eigenvalue weighted by molar-refractivity contribution is 8.14. The molecule has 1 atom stereocenters. The Morgan fingerprint density at radius 3 is 3.00 bits per heavy atom. The zero-order chi connectivity index (χ0) is 10.6. The first-order valence-electron chi connectivity index (χ1n) is 4.75. The minimum absolute atomic E-state index is 0.0509. The molecule has 14 heavy (non-hydrogen) atoms. The molecular formula is C9H17N3OS. The molecule has 2 N–H and O–H groups in total. The number of rotatable bonds is 3. The van der Waals surface area contributed by atoms with Crippen molar-refractivity contribution in [2.75, 3.05) is 19.3 Å². The largest absolute Gasteiger partial charge is 0.359 e. The van der Waals surface area contributed by atoms with Gasteiger partial charge in [0.1, 0.15) is 6.54 Å². The van der Waals surface area contributed by atoms with E-state index < -0.39 is 0 Å². The fraction of sp³-hybridized carbons (Fsp3) is 0.778. The predicted octanol–water partition coefficient (Wildman–Crippen LogP) is 0.594. The number of thioether (sulfide) groups is 1. The van der Waals surface area contributed by atoms with Crippen molar-refractivity contribution in [1.29, 1.82) is 0 Å². The highest BCUT2D eigenvalue weighted by Crippen LogP contribution is 2.25. The van der Waals surface area contributed by atoms with Crippen LogP contribution in [0.4, 0.5) is 0 Å². The molecule has 0 aromatic carbocycles. The van der Waals surface area contributed by atoms with Crippen LogP contribution in [0.25, 0.3) is 0 Å². The van der Waals surface area contributed by atoms with Crippen LogP contribution >= 0.6 is 11.8 Å². The summed E-state index contributed by atoms with van der Waals surface area (Å²) < 4.78 is 0. The van der Waals surface area contributed by atoms with Gasteiger partial charge in [-0.15, -0.1) is 0 Å². The SMILES string of the molecule is CCC1(C)CSC(=NCC(=O)NC)N1. The number of nitrogens with zero attached hydrogens (tertiary/aromatic N) is 1. The van der Waals surface area contributed by atoms with Crippen molar-refractivity contribution in [2.45, 2.75) is 25.8 Å². The van der Waals surface area contributed by atoms with Crippen LogP contribution in [0.5, 0.6) is 0 Å². The Kier molecular flexibility index (Phi) is 3.80. The van der Waals surface area contributed by atoms with Crippen LogP contribution in [0.2, 0.25) is 0 Å². The van der Waals surface area contributed by atoms with Gasteiger partial charge in [0.05, 0.1) is 0 Å². The molecule has 0 aromatic heterocycles. The molecule has 0 saturated carbocycles. The lowest BCUT2D eigenvalue weighted by Gasteiger charge is -2.20. The zero-order valence-electron chi connectivity index (χ0n) is 8.89. The Balaban J connectivity index is 2.45. The number of hydrogen-bond acceptors (Lipinski definition) is 3. The first-order valence-corrected chi connectivity index (χ1v) is 5.74. The van der Waals surface area contributed by atoms with Crippen LogP contribution in [-0.4, -0.2) is 36.0 Å². The summed E-state index contributed by atoms with van der Waals surface area (Å²) in [5.74, 6) is 0.973. The van der Waals surface area contributed by atoms with Gasteiger partial charge in [-0.05, 0) is 13.3 Å². The van der Waals surface area contributed by atoms with Gasteiger partial charge in [-0.2, -0.15) is 0 Å². The molecule has 0 bridgehead atoms. The van der Waals surface area contributed by atoms with Gasteiger partial charge in [0.2, 0.25) is 5.91 Å². The van der Waals surface area contributed by atoms with Crippen molar-refractivity contribution >= 4 is 22.8 Å². The highest BCUT2D eigenvalue weighted by atomic mass is 32.2. The number of likely N-dealkylation sites (N-methyl/N-ethyl adjacent to an activating group) is 1. The maximum absolute atomic E-state index is 10.9. The summed E-state index contributed by atoms with van der Waals surface area (Å²) in [6, 6.07) is 0. The zero-order valence-corrected chi connectivity index (χ0v) is 9.70. The summed E-state index contributed by atoms with van der Waals surface area (Å²) in [6.45, 7) is 4.53. The van der Waals surface area contributed by atoms with Gasteiger partial charge in [0, 0.05) is 18.3 Å². The van der Waals surface area contributed by atoms with Crippen LogP contribution in [0, 0.1) is 0 Å². The van der Waals surface area contributed by atoms with E-state index in [-0.39, 0.29) is 18.0 Å². The van der Waals surface area contributed by atoms with E-state index in [4.69, 9.17) is 0 Å². The van der Waals surface area contributed by atoms with Crippen molar-refractivity contribution in [3.63, 3.8) is 0 Å². The Labute approximate surface area is 88.9 Å². The molecule has 1 rings (SSSR count). The Hall–Kier alpha value is -0.710. The lowest BCUT2D eigenvalue weighted by Crippen LogP contribution is -2.39. The van der Waals surface area contributed by atoms with Crippen LogP contribution in [0.1, 0.15) is 20.3 Å². The molecular weight excluding hydrogens is 198 g/mol. The van der Waals surface area contributed by atoms with E-state index >= 15 is 0 Å². The molecule has 1 heterocycles. The molecule has 0 radical (unpaired) electrons. The predicted molar refractivity (Wildman–Crippen MR) is 60.7 cm³/mol.